The minimum Gasteiger partial charge on any atom is -0.368 e. The Hall–Kier alpha value is -1.58. The van der Waals surface area contributed by atoms with Crippen LogP contribution in [0.3, 0.4) is 0 Å². The van der Waals surface area contributed by atoms with Crippen LogP contribution in [0.5, 0.6) is 0 Å². The number of hydrogen-bond acceptors (Lipinski definition) is 3. The molecule has 1 N–H and O–H groups in total. The van der Waals surface area contributed by atoms with Crippen LogP contribution in [0.1, 0.15) is 6.42 Å². The summed E-state index contributed by atoms with van der Waals surface area (Å²) in [6, 6.07) is 15.3. The van der Waals surface area contributed by atoms with Gasteiger partial charge in [-0.1, -0.05) is 36.4 Å². The fourth-order valence-corrected chi connectivity index (χ4v) is 3.18. The lowest BCUT2D eigenvalue weighted by Crippen LogP contribution is -2.47. The van der Waals surface area contributed by atoms with E-state index in [-0.39, 0.29) is 0 Å². The average molecular weight is 283 g/mol. The third kappa shape index (κ3) is 3.36. The first-order chi connectivity index (χ1) is 10.4. The monoisotopic (exact) mass is 283 g/mol. The van der Waals surface area contributed by atoms with Crippen LogP contribution in [0, 0.1) is 0 Å². The maximum Gasteiger partial charge on any atom is 0.0446 e. The van der Waals surface area contributed by atoms with Crippen LogP contribution in [0.2, 0.25) is 0 Å². The smallest absolute Gasteiger partial charge is 0.0446 e. The van der Waals surface area contributed by atoms with Crippen LogP contribution in [0.25, 0.3) is 10.8 Å². The second-order valence-electron chi connectivity index (χ2n) is 5.78. The lowest BCUT2D eigenvalue weighted by Gasteiger charge is -2.36. The maximum atomic E-state index is 3.22. The summed E-state index contributed by atoms with van der Waals surface area (Å²) in [5.74, 6) is 0. The zero-order chi connectivity index (χ0) is 14.5. The molecular formula is C18H25N3. The molecule has 1 fully saturated rings. The lowest BCUT2D eigenvalue weighted by molar-refractivity contribution is 0.255. The first kappa shape index (κ1) is 14.4. The minimum atomic E-state index is 1.11. The summed E-state index contributed by atoms with van der Waals surface area (Å²) >= 11 is 0. The molecule has 0 saturated carbocycles. The third-order valence-corrected chi connectivity index (χ3v) is 4.38. The highest BCUT2D eigenvalue weighted by molar-refractivity contribution is 5.94. The minimum absolute atomic E-state index is 1.11. The highest BCUT2D eigenvalue weighted by Gasteiger charge is 2.17. The molecule has 0 aliphatic carbocycles. The summed E-state index contributed by atoms with van der Waals surface area (Å²) in [6.07, 6.45) is 1.24. The normalized spacial score (nSPS) is 16.5. The molecule has 0 amide bonds. The summed E-state index contributed by atoms with van der Waals surface area (Å²) in [4.78, 5) is 5.12. The molecule has 3 nitrogen and oxygen atoms in total. The van der Waals surface area contributed by atoms with Crippen molar-refractivity contribution in [1.82, 2.24) is 10.2 Å². The Morgan fingerprint density at radius 3 is 2.52 bits per heavy atom. The van der Waals surface area contributed by atoms with Gasteiger partial charge in [0, 0.05) is 37.3 Å². The van der Waals surface area contributed by atoms with Gasteiger partial charge < -0.3 is 10.2 Å². The predicted octanol–water partition coefficient (Wildman–Crippen LogP) is 2.57. The molecule has 3 rings (SSSR count). The molecular weight excluding hydrogens is 258 g/mol. The molecule has 1 heterocycles. The zero-order valence-corrected chi connectivity index (χ0v) is 12.9. The van der Waals surface area contributed by atoms with Crippen molar-refractivity contribution in [2.75, 3.05) is 51.2 Å². The topological polar surface area (TPSA) is 18.5 Å². The molecule has 2 aromatic carbocycles. The molecule has 112 valence electrons. The fraction of sp³-hybridized carbons (Fsp3) is 0.444. The number of rotatable bonds is 5. The Bertz CT molecular complexity index is 568. The van der Waals surface area contributed by atoms with Crippen molar-refractivity contribution in [3.05, 3.63) is 42.5 Å². The Labute approximate surface area is 127 Å². The Morgan fingerprint density at radius 2 is 1.71 bits per heavy atom. The second kappa shape index (κ2) is 6.92. The molecule has 0 bridgehead atoms. The number of piperazine rings is 1. The van der Waals surface area contributed by atoms with Crippen molar-refractivity contribution in [3.63, 3.8) is 0 Å². The van der Waals surface area contributed by atoms with Crippen LogP contribution < -0.4 is 10.2 Å². The molecule has 21 heavy (non-hydrogen) atoms. The first-order valence-corrected chi connectivity index (χ1v) is 7.98. The van der Waals surface area contributed by atoms with Gasteiger partial charge in [-0.15, -0.1) is 0 Å². The van der Waals surface area contributed by atoms with Gasteiger partial charge in [0.2, 0.25) is 0 Å². The van der Waals surface area contributed by atoms with Crippen LogP contribution in [-0.2, 0) is 0 Å². The average Bonchev–Trinajstić information content (AvgIpc) is 2.55. The van der Waals surface area contributed by atoms with Gasteiger partial charge in [0.25, 0.3) is 0 Å². The number of fused-ring (bicyclic) bond motifs is 1. The molecule has 2 aromatic rings. The molecule has 0 atom stereocenters. The zero-order valence-electron chi connectivity index (χ0n) is 12.9. The van der Waals surface area contributed by atoms with Crippen molar-refractivity contribution in [1.29, 1.82) is 0 Å². The SMILES string of the molecule is CNCCCN1CCN(c2cccc3ccccc23)CC1. The van der Waals surface area contributed by atoms with E-state index in [4.69, 9.17) is 0 Å². The maximum absolute atomic E-state index is 3.22. The summed E-state index contributed by atoms with van der Waals surface area (Å²) in [5.41, 5.74) is 1.39. The highest BCUT2D eigenvalue weighted by atomic mass is 15.3. The van der Waals surface area contributed by atoms with Gasteiger partial charge in [-0.25, -0.2) is 0 Å². The summed E-state index contributed by atoms with van der Waals surface area (Å²) < 4.78 is 0. The van der Waals surface area contributed by atoms with E-state index >= 15 is 0 Å². The molecule has 0 unspecified atom stereocenters. The number of nitrogens with zero attached hydrogens (tertiary/aromatic N) is 2. The standard InChI is InChI=1S/C18H25N3/c1-19-10-5-11-20-12-14-21(15-13-20)18-9-4-7-16-6-2-3-8-17(16)18/h2-4,6-9,19H,5,10-15H2,1H3. The first-order valence-electron chi connectivity index (χ1n) is 7.98. The van der Waals surface area contributed by atoms with E-state index in [0.29, 0.717) is 0 Å². The lowest BCUT2D eigenvalue weighted by atomic mass is 10.1. The number of anilines is 1. The van der Waals surface area contributed by atoms with Gasteiger partial charge in [-0.2, -0.15) is 0 Å². The number of benzene rings is 2. The number of hydrogen-bond donors (Lipinski definition) is 1. The van der Waals surface area contributed by atoms with Crippen molar-refractivity contribution in [2.24, 2.45) is 0 Å². The van der Waals surface area contributed by atoms with Gasteiger partial charge in [0.15, 0.2) is 0 Å². The van der Waals surface area contributed by atoms with Crippen LogP contribution in [0.15, 0.2) is 42.5 Å². The van der Waals surface area contributed by atoms with Gasteiger partial charge in [-0.05, 0) is 38.0 Å². The second-order valence-corrected chi connectivity index (χ2v) is 5.78. The van der Waals surface area contributed by atoms with Crippen molar-refractivity contribution < 1.29 is 0 Å². The largest absolute Gasteiger partial charge is 0.368 e. The van der Waals surface area contributed by atoms with E-state index < -0.39 is 0 Å². The van der Waals surface area contributed by atoms with Gasteiger partial charge in [0.1, 0.15) is 0 Å². The van der Waals surface area contributed by atoms with Crippen molar-refractivity contribution in [3.8, 4) is 0 Å². The number of nitrogens with one attached hydrogen (secondary N) is 1. The van der Waals surface area contributed by atoms with Crippen molar-refractivity contribution in [2.45, 2.75) is 6.42 Å². The van der Waals surface area contributed by atoms with E-state index in [0.717, 1.165) is 19.6 Å². The van der Waals surface area contributed by atoms with Crippen LogP contribution in [0.4, 0.5) is 5.69 Å². The van der Waals surface area contributed by atoms with E-state index in [1.165, 1.54) is 42.5 Å². The molecule has 1 aliphatic heterocycles. The van der Waals surface area contributed by atoms with E-state index in [9.17, 15) is 0 Å². The molecule has 0 radical (unpaired) electrons. The van der Waals surface area contributed by atoms with Gasteiger partial charge in [-0.3, -0.25) is 4.90 Å². The molecule has 1 saturated heterocycles. The summed E-state index contributed by atoms with van der Waals surface area (Å²) in [7, 11) is 2.03. The molecule has 0 spiro atoms. The van der Waals surface area contributed by atoms with E-state index in [1.54, 1.807) is 0 Å². The predicted molar refractivity (Wildman–Crippen MR) is 91.1 cm³/mol. The van der Waals surface area contributed by atoms with Crippen LogP contribution >= 0.6 is 0 Å². The van der Waals surface area contributed by atoms with Gasteiger partial charge in [0.05, 0.1) is 0 Å². The van der Waals surface area contributed by atoms with E-state index in [1.807, 2.05) is 7.05 Å². The third-order valence-electron chi connectivity index (χ3n) is 4.38. The summed E-state index contributed by atoms with van der Waals surface area (Å²) in [6.45, 7) is 6.94. The fourth-order valence-electron chi connectivity index (χ4n) is 3.18. The van der Waals surface area contributed by atoms with Gasteiger partial charge >= 0.3 is 0 Å². The highest BCUT2D eigenvalue weighted by Crippen LogP contribution is 2.27. The Balaban J connectivity index is 1.66. The van der Waals surface area contributed by atoms with Crippen molar-refractivity contribution >= 4 is 16.5 Å². The quantitative estimate of drug-likeness (QED) is 0.851. The molecule has 1 aliphatic rings. The molecule has 0 aromatic heterocycles. The van der Waals surface area contributed by atoms with E-state index in [2.05, 4.69) is 57.6 Å². The Kier molecular flexibility index (Phi) is 4.73. The molecule has 3 heteroatoms. The Morgan fingerprint density at radius 1 is 0.952 bits per heavy atom. The van der Waals surface area contributed by atoms with Crippen LogP contribution in [-0.4, -0.2) is 51.2 Å². The summed E-state index contributed by atoms with van der Waals surface area (Å²) in [5, 5.41) is 5.94.